The highest BCUT2D eigenvalue weighted by molar-refractivity contribution is 5.95. The van der Waals surface area contributed by atoms with Gasteiger partial charge in [0, 0.05) is 17.7 Å². The molecule has 1 aromatic rings. The van der Waals surface area contributed by atoms with Crippen LogP contribution in [0.25, 0.3) is 6.08 Å². The van der Waals surface area contributed by atoms with E-state index in [-0.39, 0.29) is 11.9 Å². The van der Waals surface area contributed by atoms with E-state index in [0.717, 1.165) is 17.2 Å². The Bertz CT molecular complexity index is 533. The topological polar surface area (TPSA) is 66.4 Å². The van der Waals surface area contributed by atoms with Crippen molar-refractivity contribution in [3.63, 3.8) is 0 Å². The van der Waals surface area contributed by atoms with Gasteiger partial charge in [0.2, 0.25) is 0 Å². The van der Waals surface area contributed by atoms with Crippen LogP contribution < -0.4 is 5.32 Å². The van der Waals surface area contributed by atoms with E-state index in [1.165, 1.54) is 6.08 Å². The van der Waals surface area contributed by atoms with Gasteiger partial charge < -0.3 is 10.4 Å². The highest BCUT2D eigenvalue weighted by Crippen LogP contribution is 2.13. The van der Waals surface area contributed by atoms with E-state index >= 15 is 0 Å². The van der Waals surface area contributed by atoms with Crippen molar-refractivity contribution in [3.05, 3.63) is 41.0 Å². The summed E-state index contributed by atoms with van der Waals surface area (Å²) < 4.78 is 0. The van der Waals surface area contributed by atoms with Gasteiger partial charge in [-0.05, 0) is 49.1 Å². The lowest BCUT2D eigenvalue weighted by molar-refractivity contribution is -0.131. The molecule has 4 heteroatoms. The molecule has 1 atom stereocenters. The fraction of sp³-hybridized carbons (Fsp3) is 0.375. The second-order valence-corrected chi connectivity index (χ2v) is 5.25. The number of carboxylic acid groups (broad SMARTS) is 1. The summed E-state index contributed by atoms with van der Waals surface area (Å²) in [6, 6.07) is 5.33. The van der Waals surface area contributed by atoms with Crippen LogP contribution >= 0.6 is 0 Å². The van der Waals surface area contributed by atoms with Gasteiger partial charge >= 0.3 is 5.97 Å². The molecule has 0 fully saturated rings. The molecule has 0 saturated carbocycles. The lowest BCUT2D eigenvalue weighted by atomic mass is 10.0. The molecule has 0 aromatic heterocycles. The fourth-order valence-electron chi connectivity index (χ4n) is 1.62. The number of aryl methyl sites for hydroxylation is 1. The molecule has 1 rings (SSSR count). The van der Waals surface area contributed by atoms with Crippen molar-refractivity contribution in [2.75, 3.05) is 0 Å². The zero-order chi connectivity index (χ0) is 15.3. The van der Waals surface area contributed by atoms with E-state index in [1.807, 2.05) is 13.8 Å². The van der Waals surface area contributed by atoms with Crippen LogP contribution in [0.4, 0.5) is 0 Å². The van der Waals surface area contributed by atoms with Crippen LogP contribution in [0.3, 0.4) is 0 Å². The van der Waals surface area contributed by atoms with E-state index in [1.54, 1.807) is 18.2 Å². The number of aliphatic carboxylic acids is 1. The Morgan fingerprint density at radius 1 is 1.25 bits per heavy atom. The second kappa shape index (κ2) is 6.89. The number of hydrogen-bond donors (Lipinski definition) is 2. The maximum absolute atomic E-state index is 12.1. The van der Waals surface area contributed by atoms with Crippen LogP contribution in [0.5, 0.6) is 0 Å². The van der Waals surface area contributed by atoms with E-state index in [2.05, 4.69) is 19.2 Å². The summed E-state index contributed by atoms with van der Waals surface area (Å²) in [6.45, 7) is 7.93. The maximum Gasteiger partial charge on any atom is 0.328 e. The van der Waals surface area contributed by atoms with Crippen molar-refractivity contribution in [1.82, 2.24) is 5.32 Å². The minimum absolute atomic E-state index is 0.106. The van der Waals surface area contributed by atoms with E-state index in [9.17, 15) is 9.59 Å². The van der Waals surface area contributed by atoms with E-state index in [0.29, 0.717) is 11.5 Å². The first-order chi connectivity index (χ1) is 9.31. The first-order valence-electron chi connectivity index (χ1n) is 6.63. The van der Waals surface area contributed by atoms with Crippen LogP contribution in [-0.2, 0) is 4.79 Å². The number of carboxylic acids is 1. The number of nitrogens with one attached hydrogen (secondary N) is 1. The summed E-state index contributed by atoms with van der Waals surface area (Å²) in [5.41, 5.74) is 2.25. The zero-order valence-corrected chi connectivity index (χ0v) is 12.3. The normalized spacial score (nSPS) is 12.7. The lowest BCUT2D eigenvalue weighted by Gasteiger charge is -2.17. The minimum Gasteiger partial charge on any atom is -0.478 e. The highest BCUT2D eigenvalue weighted by atomic mass is 16.4. The Balaban J connectivity index is 2.86. The third-order valence-electron chi connectivity index (χ3n) is 3.30. The van der Waals surface area contributed by atoms with Crippen molar-refractivity contribution >= 4 is 18.0 Å². The van der Waals surface area contributed by atoms with Crippen LogP contribution in [0.2, 0.25) is 0 Å². The van der Waals surface area contributed by atoms with Crippen molar-refractivity contribution in [2.45, 2.75) is 33.7 Å². The summed E-state index contributed by atoms with van der Waals surface area (Å²) in [4.78, 5) is 22.6. The smallest absolute Gasteiger partial charge is 0.328 e. The number of carbonyl (C=O) groups is 2. The SMILES string of the molecule is Cc1cc(C(=O)NC(C)C(C)C)ccc1/C=C/C(=O)O. The molecule has 1 amide bonds. The third kappa shape index (κ3) is 4.53. The van der Waals surface area contributed by atoms with Crippen LogP contribution in [-0.4, -0.2) is 23.0 Å². The molecule has 0 saturated heterocycles. The molecule has 0 radical (unpaired) electrons. The van der Waals surface area contributed by atoms with Gasteiger partial charge in [0.25, 0.3) is 5.91 Å². The Morgan fingerprint density at radius 3 is 2.40 bits per heavy atom. The Labute approximate surface area is 119 Å². The standard InChI is InChI=1S/C16H21NO3/c1-10(2)12(4)17-16(20)14-6-5-13(11(3)9-14)7-8-15(18)19/h5-10,12H,1-4H3,(H,17,20)(H,18,19)/b8-7+. The highest BCUT2D eigenvalue weighted by Gasteiger charge is 2.12. The largest absolute Gasteiger partial charge is 0.478 e. The molecule has 0 heterocycles. The molecule has 0 bridgehead atoms. The summed E-state index contributed by atoms with van der Waals surface area (Å²) in [7, 11) is 0. The van der Waals surface area contributed by atoms with Gasteiger partial charge in [-0.1, -0.05) is 19.9 Å². The van der Waals surface area contributed by atoms with Gasteiger partial charge in [-0.15, -0.1) is 0 Å². The van der Waals surface area contributed by atoms with E-state index in [4.69, 9.17) is 5.11 Å². The molecule has 2 N–H and O–H groups in total. The first-order valence-corrected chi connectivity index (χ1v) is 6.63. The predicted molar refractivity (Wildman–Crippen MR) is 79.6 cm³/mol. The van der Waals surface area contributed by atoms with Gasteiger partial charge in [0.1, 0.15) is 0 Å². The average molecular weight is 275 g/mol. The van der Waals surface area contributed by atoms with Crippen molar-refractivity contribution in [2.24, 2.45) is 5.92 Å². The average Bonchev–Trinajstić information content (AvgIpc) is 2.36. The fourth-order valence-corrected chi connectivity index (χ4v) is 1.62. The quantitative estimate of drug-likeness (QED) is 0.812. The second-order valence-electron chi connectivity index (χ2n) is 5.25. The minimum atomic E-state index is -0.989. The van der Waals surface area contributed by atoms with Crippen LogP contribution in [0.1, 0.15) is 42.3 Å². The van der Waals surface area contributed by atoms with E-state index < -0.39 is 5.97 Å². The first kappa shape index (κ1) is 16.0. The Hall–Kier alpha value is -2.10. The third-order valence-corrected chi connectivity index (χ3v) is 3.30. The summed E-state index contributed by atoms with van der Waals surface area (Å²) in [5.74, 6) is -0.724. The summed E-state index contributed by atoms with van der Waals surface area (Å²) in [5, 5.41) is 11.6. The Morgan fingerprint density at radius 2 is 1.90 bits per heavy atom. The zero-order valence-electron chi connectivity index (χ0n) is 12.3. The van der Waals surface area contributed by atoms with Gasteiger partial charge in [-0.3, -0.25) is 4.79 Å². The molecule has 0 aliphatic heterocycles. The molecule has 0 spiro atoms. The number of benzene rings is 1. The van der Waals surface area contributed by atoms with Crippen molar-refractivity contribution in [1.29, 1.82) is 0 Å². The molecular formula is C16H21NO3. The van der Waals surface area contributed by atoms with Crippen molar-refractivity contribution < 1.29 is 14.7 Å². The van der Waals surface area contributed by atoms with Gasteiger partial charge in [0.15, 0.2) is 0 Å². The van der Waals surface area contributed by atoms with Crippen molar-refractivity contribution in [3.8, 4) is 0 Å². The summed E-state index contributed by atoms with van der Waals surface area (Å²) in [6.07, 6.45) is 2.61. The summed E-state index contributed by atoms with van der Waals surface area (Å²) >= 11 is 0. The number of rotatable bonds is 5. The molecular weight excluding hydrogens is 254 g/mol. The molecule has 1 unspecified atom stereocenters. The van der Waals surface area contributed by atoms with Gasteiger partial charge in [0.05, 0.1) is 0 Å². The Kier molecular flexibility index (Phi) is 5.50. The number of hydrogen-bond acceptors (Lipinski definition) is 2. The molecule has 0 aliphatic rings. The molecule has 108 valence electrons. The predicted octanol–water partition coefficient (Wildman–Crippen LogP) is 2.87. The molecule has 1 aromatic carbocycles. The van der Waals surface area contributed by atoms with Crippen LogP contribution in [0.15, 0.2) is 24.3 Å². The number of carbonyl (C=O) groups excluding carboxylic acids is 1. The molecule has 0 aliphatic carbocycles. The number of amides is 1. The monoisotopic (exact) mass is 275 g/mol. The van der Waals surface area contributed by atoms with Gasteiger partial charge in [-0.2, -0.15) is 0 Å². The molecule has 20 heavy (non-hydrogen) atoms. The maximum atomic E-state index is 12.1. The van der Waals surface area contributed by atoms with Gasteiger partial charge in [-0.25, -0.2) is 4.79 Å². The van der Waals surface area contributed by atoms with Crippen LogP contribution in [0, 0.1) is 12.8 Å². The molecule has 4 nitrogen and oxygen atoms in total. The lowest BCUT2D eigenvalue weighted by Crippen LogP contribution is -2.36.